The van der Waals surface area contributed by atoms with E-state index >= 15 is 0 Å². The lowest BCUT2D eigenvalue weighted by molar-refractivity contribution is 0.292. The van der Waals surface area contributed by atoms with Gasteiger partial charge in [-0.2, -0.15) is 0 Å². The van der Waals surface area contributed by atoms with E-state index in [0.29, 0.717) is 12.1 Å². The summed E-state index contributed by atoms with van der Waals surface area (Å²) >= 11 is 0. The van der Waals surface area contributed by atoms with Crippen molar-refractivity contribution in [1.29, 1.82) is 0 Å². The average molecular weight is 405 g/mol. The summed E-state index contributed by atoms with van der Waals surface area (Å²) in [6.07, 6.45) is 5.39. The number of nitrogens with zero attached hydrogens (tertiary/aromatic N) is 1. The molecule has 0 amide bonds. The zero-order valence-corrected chi connectivity index (χ0v) is 18.0. The van der Waals surface area contributed by atoms with Crippen molar-refractivity contribution in [2.24, 2.45) is 0 Å². The van der Waals surface area contributed by atoms with Crippen LogP contribution in [0, 0.1) is 0 Å². The summed E-state index contributed by atoms with van der Waals surface area (Å²) in [5, 5.41) is 12.8. The van der Waals surface area contributed by atoms with E-state index in [2.05, 4.69) is 79.2 Å². The monoisotopic (exact) mass is 404 g/mol. The first-order valence-corrected chi connectivity index (χ1v) is 10.7. The zero-order chi connectivity index (χ0) is 21.3. The summed E-state index contributed by atoms with van der Waals surface area (Å²) in [6.45, 7) is 11.8. The molecule has 2 N–H and O–H groups in total. The van der Waals surface area contributed by atoms with Crippen molar-refractivity contribution >= 4 is 5.69 Å². The molecule has 4 heteroatoms. The number of aliphatic hydroxyl groups is 1. The fraction of sp³-hybridized carbons (Fsp3) is 0.308. The van der Waals surface area contributed by atoms with Crippen molar-refractivity contribution < 1.29 is 9.84 Å². The second kappa shape index (κ2) is 10.7. The molecule has 3 rings (SSSR count). The molecule has 0 atom stereocenters. The molecule has 1 heterocycles. The third-order valence-corrected chi connectivity index (χ3v) is 5.12. The van der Waals surface area contributed by atoms with Gasteiger partial charge in [-0.15, -0.1) is 0 Å². The van der Waals surface area contributed by atoms with Crippen LogP contribution in [0.4, 0.5) is 5.69 Å². The van der Waals surface area contributed by atoms with Crippen LogP contribution in [0.15, 0.2) is 84.5 Å². The predicted molar refractivity (Wildman–Crippen MR) is 125 cm³/mol. The van der Waals surface area contributed by atoms with Gasteiger partial charge < -0.3 is 20.1 Å². The molecule has 2 aromatic rings. The Morgan fingerprint density at radius 3 is 2.07 bits per heavy atom. The lowest BCUT2D eigenvalue weighted by Crippen LogP contribution is -2.24. The van der Waals surface area contributed by atoms with Gasteiger partial charge in [0.05, 0.1) is 6.54 Å². The molecule has 0 saturated heterocycles. The Balaban J connectivity index is 1.55. The number of rotatable bonds is 10. The first-order valence-electron chi connectivity index (χ1n) is 10.7. The minimum absolute atomic E-state index is 0.0748. The van der Waals surface area contributed by atoms with Crippen LogP contribution in [-0.2, 0) is 11.3 Å². The van der Waals surface area contributed by atoms with E-state index in [1.54, 1.807) is 6.08 Å². The Morgan fingerprint density at radius 1 is 0.900 bits per heavy atom. The van der Waals surface area contributed by atoms with Gasteiger partial charge in [-0.05, 0) is 47.7 Å². The molecule has 158 valence electrons. The minimum Gasteiger partial charge on any atom is -0.504 e. The summed E-state index contributed by atoms with van der Waals surface area (Å²) in [5.74, 6) is 0.820. The van der Waals surface area contributed by atoms with Crippen molar-refractivity contribution in [2.75, 3.05) is 24.5 Å². The van der Waals surface area contributed by atoms with Gasteiger partial charge in [-0.1, -0.05) is 56.8 Å². The molecular weight excluding hydrogens is 372 g/mol. The van der Waals surface area contributed by atoms with Crippen LogP contribution in [-0.4, -0.2) is 24.7 Å². The standard InChI is InChI=1S/C26H32N2O2/c1-4-14-28(15-5-2)24-12-10-23(11-13-24)22-8-6-21(7-9-22)17-27-18-25-16-20(3)26(29)19-30-25/h6-13,16,19,27,29H,3-5,14-15,17-18H2,1-2H3. The Morgan fingerprint density at radius 2 is 1.50 bits per heavy atom. The lowest BCUT2D eigenvalue weighted by atomic mass is 10.0. The normalized spacial score (nSPS) is 13.5. The molecule has 2 aromatic carbocycles. The number of benzene rings is 2. The van der Waals surface area contributed by atoms with Crippen LogP contribution in [0.25, 0.3) is 11.1 Å². The van der Waals surface area contributed by atoms with E-state index in [-0.39, 0.29) is 5.76 Å². The Hall–Kier alpha value is -2.98. The maximum absolute atomic E-state index is 9.48. The minimum atomic E-state index is 0.0748. The van der Waals surface area contributed by atoms with E-state index in [1.165, 1.54) is 28.6 Å². The number of allylic oxidation sites excluding steroid dienone is 1. The third kappa shape index (κ3) is 5.77. The highest BCUT2D eigenvalue weighted by atomic mass is 16.5. The van der Waals surface area contributed by atoms with Crippen molar-refractivity contribution in [3.8, 4) is 11.1 Å². The molecule has 0 saturated carbocycles. The molecule has 0 aromatic heterocycles. The number of hydrogen-bond donors (Lipinski definition) is 2. The second-order valence-electron chi connectivity index (χ2n) is 7.59. The van der Waals surface area contributed by atoms with Gasteiger partial charge in [0.1, 0.15) is 12.0 Å². The molecule has 0 aliphatic carbocycles. The van der Waals surface area contributed by atoms with Gasteiger partial charge >= 0.3 is 0 Å². The summed E-state index contributed by atoms with van der Waals surface area (Å²) in [4.78, 5) is 2.45. The fourth-order valence-corrected chi connectivity index (χ4v) is 3.52. The van der Waals surface area contributed by atoms with E-state index in [1.807, 2.05) is 0 Å². The highest BCUT2D eigenvalue weighted by Crippen LogP contribution is 2.24. The molecule has 0 bridgehead atoms. The molecule has 0 spiro atoms. The molecule has 0 unspecified atom stereocenters. The topological polar surface area (TPSA) is 44.7 Å². The number of anilines is 1. The van der Waals surface area contributed by atoms with Crippen molar-refractivity contribution in [2.45, 2.75) is 33.2 Å². The van der Waals surface area contributed by atoms with E-state index in [9.17, 15) is 5.11 Å². The van der Waals surface area contributed by atoms with Gasteiger partial charge in [-0.25, -0.2) is 0 Å². The van der Waals surface area contributed by atoms with E-state index in [4.69, 9.17) is 4.74 Å². The van der Waals surface area contributed by atoms with Crippen LogP contribution in [0.2, 0.25) is 0 Å². The maximum atomic E-state index is 9.48. The van der Waals surface area contributed by atoms with Crippen molar-refractivity contribution in [3.05, 3.63) is 90.1 Å². The summed E-state index contributed by atoms with van der Waals surface area (Å²) in [5.41, 5.74) is 5.53. The molecular formula is C26H32N2O2. The smallest absolute Gasteiger partial charge is 0.157 e. The van der Waals surface area contributed by atoms with Crippen LogP contribution in [0.1, 0.15) is 32.3 Å². The number of nitrogens with one attached hydrogen (secondary N) is 1. The first-order chi connectivity index (χ1) is 14.6. The van der Waals surface area contributed by atoms with Gasteiger partial charge in [0.2, 0.25) is 0 Å². The van der Waals surface area contributed by atoms with Crippen LogP contribution in [0.5, 0.6) is 0 Å². The summed E-state index contributed by atoms with van der Waals surface area (Å²) < 4.78 is 5.35. The quantitative estimate of drug-likeness (QED) is 0.514. The Bertz CT molecular complexity index is 890. The van der Waals surface area contributed by atoms with Gasteiger partial charge in [0, 0.05) is 30.9 Å². The highest BCUT2D eigenvalue weighted by molar-refractivity contribution is 5.66. The molecule has 1 aliphatic heterocycles. The predicted octanol–water partition coefficient (Wildman–Crippen LogP) is 5.94. The van der Waals surface area contributed by atoms with Gasteiger partial charge in [0.25, 0.3) is 0 Å². The molecule has 0 radical (unpaired) electrons. The zero-order valence-electron chi connectivity index (χ0n) is 18.0. The summed E-state index contributed by atoms with van der Waals surface area (Å²) in [7, 11) is 0. The van der Waals surface area contributed by atoms with Crippen molar-refractivity contribution in [1.82, 2.24) is 5.32 Å². The molecule has 30 heavy (non-hydrogen) atoms. The lowest BCUT2D eigenvalue weighted by Gasteiger charge is -2.24. The largest absolute Gasteiger partial charge is 0.504 e. The second-order valence-corrected chi connectivity index (χ2v) is 7.59. The number of aliphatic hydroxyl groups excluding tert-OH is 1. The maximum Gasteiger partial charge on any atom is 0.157 e. The van der Waals surface area contributed by atoms with E-state index < -0.39 is 0 Å². The first kappa shape index (κ1) is 21.7. The SMILES string of the molecule is C=C1C=C(CNCc2ccc(-c3ccc(N(CCC)CCC)cc3)cc2)OC=C1O. The molecule has 0 fully saturated rings. The average Bonchev–Trinajstić information content (AvgIpc) is 2.77. The third-order valence-electron chi connectivity index (χ3n) is 5.12. The highest BCUT2D eigenvalue weighted by Gasteiger charge is 2.09. The Labute approximate surface area is 180 Å². The van der Waals surface area contributed by atoms with Gasteiger partial charge in [0.15, 0.2) is 5.76 Å². The fourth-order valence-electron chi connectivity index (χ4n) is 3.52. The number of ether oxygens (including phenoxy) is 1. The molecule has 4 nitrogen and oxygen atoms in total. The Kier molecular flexibility index (Phi) is 7.75. The van der Waals surface area contributed by atoms with Gasteiger partial charge in [-0.3, -0.25) is 0 Å². The number of hydrogen-bond acceptors (Lipinski definition) is 4. The van der Waals surface area contributed by atoms with E-state index in [0.717, 1.165) is 38.2 Å². The van der Waals surface area contributed by atoms with Crippen LogP contribution < -0.4 is 10.2 Å². The van der Waals surface area contributed by atoms with Crippen LogP contribution in [0.3, 0.4) is 0 Å². The van der Waals surface area contributed by atoms with Crippen molar-refractivity contribution in [3.63, 3.8) is 0 Å². The molecule has 1 aliphatic rings. The summed E-state index contributed by atoms with van der Waals surface area (Å²) in [6, 6.07) is 17.5. The van der Waals surface area contributed by atoms with Crippen LogP contribution >= 0.6 is 0 Å².